The van der Waals surface area contributed by atoms with Gasteiger partial charge in [-0.15, -0.1) is 0 Å². The molecule has 0 spiro atoms. The normalized spacial score (nSPS) is 10.1. The second kappa shape index (κ2) is 11.3. The zero-order chi connectivity index (χ0) is 13.0. The molecule has 2 heterocycles. The number of nitrogens with zero attached hydrogens (tertiary/aromatic N) is 2. The Balaban J connectivity index is 0.000000228. The van der Waals surface area contributed by atoms with Crippen molar-refractivity contribution in [1.82, 2.24) is 9.97 Å². The molecule has 0 amide bonds. The summed E-state index contributed by atoms with van der Waals surface area (Å²) in [4.78, 5) is 7.57. The average Bonchev–Trinajstić information content (AvgIpc) is 2.32. The fraction of sp³-hybridized carbons (Fsp3) is 0. The van der Waals surface area contributed by atoms with Gasteiger partial charge in [0.1, 0.15) is 0 Å². The second-order valence-electron chi connectivity index (χ2n) is 2.32. The van der Waals surface area contributed by atoms with Crippen molar-refractivity contribution in [3.05, 3.63) is 61.2 Å². The maximum atomic E-state index is 5.01. The van der Waals surface area contributed by atoms with Crippen LogP contribution in [-0.4, -0.2) is 9.97 Å². The first-order valence-electron chi connectivity index (χ1n) is 4.18. The molecule has 0 radical (unpaired) electrons. The van der Waals surface area contributed by atoms with Gasteiger partial charge in [0.25, 0.3) is 0 Å². The molecule has 0 saturated carbocycles. The summed E-state index contributed by atoms with van der Waals surface area (Å²) >= 11 is -3.06. The van der Waals surface area contributed by atoms with E-state index in [0.717, 1.165) is 0 Å². The van der Waals surface area contributed by atoms with Gasteiger partial charge in [0, 0.05) is 24.8 Å². The Morgan fingerprint density at radius 3 is 0.824 bits per heavy atom. The van der Waals surface area contributed by atoms with Crippen molar-refractivity contribution in [1.29, 1.82) is 0 Å². The van der Waals surface area contributed by atoms with E-state index >= 15 is 0 Å². The third-order valence-electron chi connectivity index (χ3n) is 1.13. The van der Waals surface area contributed by atoms with Crippen LogP contribution in [0.2, 0.25) is 0 Å². The molecule has 2 rings (SSSR count). The molecule has 0 aliphatic heterocycles. The second-order valence-corrected chi connectivity index (χ2v) is 22.0. The first kappa shape index (κ1) is 17.1. The van der Waals surface area contributed by atoms with E-state index in [1.807, 2.05) is 36.4 Å². The SMILES string of the molecule is [Cl][Pt]([Cl])([Cl])[Cl].c1ccncc1.c1ccncc1. The zero-order valence-corrected chi connectivity index (χ0v) is 13.8. The van der Waals surface area contributed by atoms with E-state index in [0.29, 0.717) is 0 Å². The summed E-state index contributed by atoms with van der Waals surface area (Å²) < 4.78 is 0. The van der Waals surface area contributed by atoms with Crippen LogP contribution in [0.4, 0.5) is 0 Å². The van der Waals surface area contributed by atoms with Crippen LogP contribution in [0.5, 0.6) is 0 Å². The Bertz CT molecular complexity index is 265. The molecule has 2 aromatic rings. The van der Waals surface area contributed by atoms with E-state index in [1.54, 1.807) is 24.8 Å². The van der Waals surface area contributed by atoms with Crippen LogP contribution in [0, 0.1) is 0 Å². The Morgan fingerprint density at radius 1 is 0.529 bits per heavy atom. The van der Waals surface area contributed by atoms with Crippen LogP contribution in [0.25, 0.3) is 0 Å². The molecule has 0 aliphatic carbocycles. The van der Waals surface area contributed by atoms with Crippen molar-refractivity contribution in [2.75, 3.05) is 0 Å². The van der Waals surface area contributed by atoms with Crippen molar-refractivity contribution < 1.29 is 11.9 Å². The van der Waals surface area contributed by atoms with Crippen molar-refractivity contribution in [3.8, 4) is 0 Å². The monoisotopic (exact) mass is 493 g/mol. The fourth-order valence-electron chi connectivity index (χ4n) is 0.625. The number of aromatic nitrogens is 2. The molecule has 0 saturated heterocycles. The molecule has 2 nitrogen and oxygen atoms in total. The van der Waals surface area contributed by atoms with Crippen molar-refractivity contribution in [2.45, 2.75) is 0 Å². The molecule has 0 aromatic carbocycles. The molecule has 17 heavy (non-hydrogen) atoms. The van der Waals surface area contributed by atoms with Crippen LogP contribution >= 0.6 is 37.7 Å². The summed E-state index contributed by atoms with van der Waals surface area (Å²) in [6, 6.07) is 11.4. The molecule has 0 aliphatic rings. The van der Waals surface area contributed by atoms with Gasteiger partial charge < -0.3 is 0 Å². The van der Waals surface area contributed by atoms with Crippen LogP contribution < -0.4 is 0 Å². The van der Waals surface area contributed by atoms with E-state index in [9.17, 15) is 0 Å². The summed E-state index contributed by atoms with van der Waals surface area (Å²) in [6.07, 6.45) is 7.00. The van der Waals surface area contributed by atoms with Gasteiger partial charge in [-0.3, -0.25) is 9.97 Å². The summed E-state index contributed by atoms with van der Waals surface area (Å²) in [5.41, 5.74) is 0. The molecule has 7 heteroatoms. The molecular formula is C10H10Cl4N2Pt. The number of hydrogen-bond acceptors (Lipinski definition) is 2. The first-order valence-corrected chi connectivity index (χ1v) is 15.4. The van der Waals surface area contributed by atoms with Gasteiger partial charge in [-0.1, -0.05) is 12.1 Å². The molecular weight excluding hydrogens is 485 g/mol. The molecule has 0 unspecified atom stereocenters. The van der Waals surface area contributed by atoms with Crippen molar-refractivity contribution in [2.24, 2.45) is 0 Å². The van der Waals surface area contributed by atoms with Gasteiger partial charge in [-0.05, 0) is 24.3 Å². The largest absolute Gasteiger partial charge is 0.265 e. The predicted octanol–water partition coefficient (Wildman–Crippen LogP) is 4.92. The van der Waals surface area contributed by atoms with Gasteiger partial charge in [0.2, 0.25) is 0 Å². The van der Waals surface area contributed by atoms with E-state index in [1.165, 1.54) is 0 Å². The Labute approximate surface area is 120 Å². The summed E-state index contributed by atoms with van der Waals surface area (Å²) in [7, 11) is 20.0. The van der Waals surface area contributed by atoms with Crippen molar-refractivity contribution >= 4 is 37.7 Å². The van der Waals surface area contributed by atoms with E-state index in [4.69, 9.17) is 37.7 Å². The van der Waals surface area contributed by atoms with Crippen LogP contribution in [0.3, 0.4) is 0 Å². The summed E-state index contributed by atoms with van der Waals surface area (Å²) in [5.74, 6) is 0. The van der Waals surface area contributed by atoms with E-state index < -0.39 is 11.9 Å². The minimum Gasteiger partial charge on any atom is -0.265 e. The standard InChI is InChI=1S/2C5H5N.4ClH.Pt/c2*1-2-4-6-5-3-1;;;;;/h2*1-5H;4*1H;/q;;;;;;+4/p-4. The van der Waals surface area contributed by atoms with Gasteiger partial charge in [-0.25, -0.2) is 0 Å². The zero-order valence-electron chi connectivity index (χ0n) is 8.50. The smallest absolute Gasteiger partial charge is 0.0267 e. The Morgan fingerprint density at radius 2 is 0.765 bits per heavy atom. The van der Waals surface area contributed by atoms with Gasteiger partial charge in [0.05, 0.1) is 0 Å². The quantitative estimate of drug-likeness (QED) is 0.519. The average molecular weight is 495 g/mol. The molecule has 0 N–H and O–H groups in total. The van der Waals surface area contributed by atoms with Gasteiger partial charge in [0.15, 0.2) is 0 Å². The minimum atomic E-state index is -3.06. The van der Waals surface area contributed by atoms with Crippen LogP contribution in [-0.2, 0) is 11.9 Å². The Hall–Kier alpha value is 0.148. The Kier molecular flexibility index (Phi) is 11.3. The first-order chi connectivity index (χ1) is 8.00. The van der Waals surface area contributed by atoms with Crippen LogP contribution in [0.15, 0.2) is 61.2 Å². The molecule has 98 valence electrons. The number of hydrogen-bond donors (Lipinski definition) is 0. The molecule has 2 aromatic heterocycles. The van der Waals surface area contributed by atoms with Crippen LogP contribution in [0.1, 0.15) is 0 Å². The predicted molar refractivity (Wildman–Crippen MR) is 71.9 cm³/mol. The van der Waals surface area contributed by atoms with Gasteiger partial charge in [-0.2, -0.15) is 0 Å². The maximum absolute atomic E-state index is 5.01. The third-order valence-corrected chi connectivity index (χ3v) is 1.13. The number of pyridine rings is 2. The summed E-state index contributed by atoms with van der Waals surface area (Å²) in [5, 5.41) is 0. The molecule has 0 bridgehead atoms. The topological polar surface area (TPSA) is 25.8 Å². The maximum Gasteiger partial charge on any atom is 0.0267 e. The summed E-state index contributed by atoms with van der Waals surface area (Å²) in [6.45, 7) is 0. The molecule has 0 atom stereocenters. The van der Waals surface area contributed by atoms with Crippen molar-refractivity contribution in [3.63, 3.8) is 0 Å². The van der Waals surface area contributed by atoms with E-state index in [2.05, 4.69) is 9.97 Å². The minimum absolute atomic E-state index is 1.75. The third kappa shape index (κ3) is 21.9. The fourth-order valence-corrected chi connectivity index (χ4v) is 0.625. The van der Waals surface area contributed by atoms with E-state index in [-0.39, 0.29) is 0 Å². The number of halogens is 4. The number of rotatable bonds is 0. The molecule has 0 fully saturated rings. The van der Waals surface area contributed by atoms with Gasteiger partial charge >= 0.3 is 49.6 Å².